The quantitative estimate of drug-likeness (QED) is 0.694. The molecular weight excluding hydrogens is 214 g/mol. The molecule has 1 aliphatic heterocycles. The lowest BCUT2D eigenvalue weighted by Crippen LogP contribution is -2.48. The molecule has 4 nitrogen and oxygen atoms in total. The van der Waals surface area contributed by atoms with Crippen molar-refractivity contribution in [2.75, 3.05) is 39.3 Å². The molecule has 0 radical (unpaired) electrons. The number of hydrogen-bond acceptors (Lipinski definition) is 3. The average molecular weight is 239 g/mol. The van der Waals surface area contributed by atoms with Crippen molar-refractivity contribution >= 4 is 5.91 Å². The number of carbonyl (C=O) groups is 1. The zero-order chi connectivity index (χ0) is 12.7. The van der Waals surface area contributed by atoms with Gasteiger partial charge in [0.15, 0.2) is 0 Å². The molecule has 1 saturated heterocycles. The molecule has 1 aliphatic rings. The van der Waals surface area contributed by atoms with Crippen LogP contribution in [0.25, 0.3) is 0 Å². The number of rotatable bonds is 6. The summed E-state index contributed by atoms with van der Waals surface area (Å²) in [5.74, 6) is 0.726. The fourth-order valence-corrected chi connectivity index (χ4v) is 2.01. The third-order valence-electron chi connectivity index (χ3n) is 3.37. The summed E-state index contributed by atoms with van der Waals surface area (Å²) >= 11 is 0. The predicted molar refractivity (Wildman–Crippen MR) is 70.7 cm³/mol. The first-order valence-corrected chi connectivity index (χ1v) is 6.48. The van der Waals surface area contributed by atoms with Crippen LogP contribution in [0.3, 0.4) is 0 Å². The number of hydrogen-bond donors (Lipinski definition) is 1. The van der Waals surface area contributed by atoms with Crippen LogP contribution in [0.2, 0.25) is 0 Å². The van der Waals surface area contributed by atoms with E-state index in [9.17, 15) is 4.79 Å². The summed E-state index contributed by atoms with van der Waals surface area (Å²) in [5, 5.41) is 0. The molecule has 4 heteroatoms. The van der Waals surface area contributed by atoms with Gasteiger partial charge in [0.05, 0.1) is 0 Å². The van der Waals surface area contributed by atoms with E-state index in [0.717, 1.165) is 39.1 Å². The molecule has 0 bridgehead atoms. The Morgan fingerprint density at radius 1 is 1.41 bits per heavy atom. The van der Waals surface area contributed by atoms with Gasteiger partial charge in [0.2, 0.25) is 5.91 Å². The van der Waals surface area contributed by atoms with Crippen molar-refractivity contribution < 1.29 is 4.79 Å². The highest BCUT2D eigenvalue weighted by Crippen LogP contribution is 2.08. The van der Waals surface area contributed by atoms with Gasteiger partial charge in [-0.05, 0) is 18.9 Å². The third-order valence-corrected chi connectivity index (χ3v) is 3.37. The number of carbonyl (C=O) groups excluding carboxylic acids is 1. The lowest BCUT2D eigenvalue weighted by Gasteiger charge is -2.34. The number of nitrogens with two attached hydrogens (primary N) is 1. The Morgan fingerprint density at radius 3 is 2.59 bits per heavy atom. The molecule has 1 amide bonds. The summed E-state index contributed by atoms with van der Waals surface area (Å²) in [4.78, 5) is 16.2. The van der Waals surface area contributed by atoms with Crippen LogP contribution in [0.4, 0.5) is 0 Å². The van der Waals surface area contributed by atoms with Gasteiger partial charge in [-0.1, -0.05) is 13.0 Å². The first-order chi connectivity index (χ1) is 8.17. The molecule has 1 fully saturated rings. The van der Waals surface area contributed by atoms with Crippen LogP contribution in [-0.2, 0) is 4.79 Å². The van der Waals surface area contributed by atoms with Crippen molar-refractivity contribution in [3.8, 4) is 0 Å². The van der Waals surface area contributed by atoms with E-state index in [2.05, 4.69) is 18.4 Å². The molecule has 1 heterocycles. The molecule has 0 aromatic rings. The van der Waals surface area contributed by atoms with Gasteiger partial charge in [-0.25, -0.2) is 0 Å². The van der Waals surface area contributed by atoms with Crippen molar-refractivity contribution in [2.45, 2.75) is 19.8 Å². The van der Waals surface area contributed by atoms with E-state index in [1.165, 1.54) is 0 Å². The Hall–Kier alpha value is -0.870. The van der Waals surface area contributed by atoms with Crippen molar-refractivity contribution in [2.24, 2.45) is 11.7 Å². The highest BCUT2D eigenvalue weighted by Gasteiger charge is 2.20. The average Bonchev–Trinajstić information content (AvgIpc) is 2.36. The Labute approximate surface area is 104 Å². The van der Waals surface area contributed by atoms with E-state index in [1.54, 1.807) is 0 Å². The maximum atomic E-state index is 11.9. The molecule has 0 aliphatic carbocycles. The standard InChI is InChI=1S/C13H25N3O/c1-3-6-15-7-9-16(10-8-15)13(17)5-4-12(2)11-14/h3,12H,1,4-11,14H2,2H3. The Kier molecular flexibility index (Phi) is 6.22. The van der Waals surface area contributed by atoms with E-state index in [-0.39, 0.29) is 5.91 Å². The van der Waals surface area contributed by atoms with Crippen LogP contribution < -0.4 is 5.73 Å². The van der Waals surface area contributed by atoms with Gasteiger partial charge >= 0.3 is 0 Å². The van der Waals surface area contributed by atoms with Gasteiger partial charge in [-0.2, -0.15) is 0 Å². The molecular formula is C13H25N3O. The van der Waals surface area contributed by atoms with Gasteiger partial charge in [0, 0.05) is 39.1 Å². The fraction of sp³-hybridized carbons (Fsp3) is 0.769. The maximum Gasteiger partial charge on any atom is 0.222 e. The third kappa shape index (κ3) is 4.88. The van der Waals surface area contributed by atoms with E-state index < -0.39 is 0 Å². The molecule has 0 spiro atoms. The molecule has 98 valence electrons. The van der Waals surface area contributed by atoms with Crippen LogP contribution in [-0.4, -0.2) is 55.0 Å². The summed E-state index contributed by atoms with van der Waals surface area (Å²) in [6.45, 7) is 11.0. The lowest BCUT2D eigenvalue weighted by atomic mass is 10.1. The Bertz CT molecular complexity index is 247. The molecule has 1 atom stereocenters. The second-order valence-electron chi connectivity index (χ2n) is 4.85. The number of nitrogens with zero attached hydrogens (tertiary/aromatic N) is 2. The van der Waals surface area contributed by atoms with Crippen LogP contribution in [0, 0.1) is 5.92 Å². The molecule has 0 aromatic carbocycles. The minimum atomic E-state index is 0.281. The van der Waals surface area contributed by atoms with Gasteiger partial charge in [-0.15, -0.1) is 6.58 Å². The van der Waals surface area contributed by atoms with E-state index in [4.69, 9.17) is 5.73 Å². The number of piperazine rings is 1. The molecule has 1 rings (SSSR count). The molecule has 1 unspecified atom stereocenters. The van der Waals surface area contributed by atoms with Crippen LogP contribution >= 0.6 is 0 Å². The van der Waals surface area contributed by atoms with Gasteiger partial charge in [0.25, 0.3) is 0 Å². The van der Waals surface area contributed by atoms with Crippen molar-refractivity contribution in [1.29, 1.82) is 0 Å². The Morgan fingerprint density at radius 2 is 2.06 bits per heavy atom. The molecule has 2 N–H and O–H groups in total. The van der Waals surface area contributed by atoms with E-state index in [1.807, 2.05) is 11.0 Å². The molecule has 0 saturated carbocycles. The summed E-state index contributed by atoms with van der Waals surface area (Å²) < 4.78 is 0. The summed E-state index contributed by atoms with van der Waals surface area (Å²) in [7, 11) is 0. The van der Waals surface area contributed by atoms with E-state index in [0.29, 0.717) is 18.9 Å². The van der Waals surface area contributed by atoms with Crippen molar-refractivity contribution in [3.63, 3.8) is 0 Å². The summed E-state index contributed by atoms with van der Waals surface area (Å²) in [5.41, 5.74) is 5.55. The fourth-order valence-electron chi connectivity index (χ4n) is 2.01. The molecule has 17 heavy (non-hydrogen) atoms. The smallest absolute Gasteiger partial charge is 0.222 e. The topological polar surface area (TPSA) is 49.6 Å². The van der Waals surface area contributed by atoms with Crippen molar-refractivity contribution in [3.05, 3.63) is 12.7 Å². The molecule has 0 aromatic heterocycles. The summed E-state index contributed by atoms with van der Waals surface area (Å²) in [6, 6.07) is 0. The lowest BCUT2D eigenvalue weighted by molar-refractivity contribution is -0.133. The maximum absolute atomic E-state index is 11.9. The minimum Gasteiger partial charge on any atom is -0.340 e. The normalized spacial score (nSPS) is 19.1. The van der Waals surface area contributed by atoms with Crippen LogP contribution in [0.15, 0.2) is 12.7 Å². The van der Waals surface area contributed by atoms with E-state index >= 15 is 0 Å². The second-order valence-corrected chi connectivity index (χ2v) is 4.85. The van der Waals surface area contributed by atoms with Crippen molar-refractivity contribution in [1.82, 2.24) is 9.80 Å². The zero-order valence-corrected chi connectivity index (χ0v) is 10.9. The Balaban J connectivity index is 2.23. The zero-order valence-electron chi connectivity index (χ0n) is 10.9. The van der Waals surface area contributed by atoms with Gasteiger partial charge in [-0.3, -0.25) is 9.69 Å². The van der Waals surface area contributed by atoms with Crippen LogP contribution in [0.1, 0.15) is 19.8 Å². The first-order valence-electron chi connectivity index (χ1n) is 6.48. The monoisotopic (exact) mass is 239 g/mol. The highest BCUT2D eigenvalue weighted by atomic mass is 16.2. The van der Waals surface area contributed by atoms with Crippen LogP contribution in [0.5, 0.6) is 0 Å². The first kappa shape index (κ1) is 14.2. The highest BCUT2D eigenvalue weighted by molar-refractivity contribution is 5.76. The largest absolute Gasteiger partial charge is 0.340 e. The number of amides is 1. The van der Waals surface area contributed by atoms with Gasteiger partial charge in [0.1, 0.15) is 0 Å². The predicted octanol–water partition coefficient (Wildman–Crippen LogP) is 0.692. The SMILES string of the molecule is C=CCN1CCN(C(=O)CCC(C)CN)CC1. The van der Waals surface area contributed by atoms with Gasteiger partial charge < -0.3 is 10.6 Å². The second kappa shape index (κ2) is 7.45. The minimum absolute atomic E-state index is 0.281. The summed E-state index contributed by atoms with van der Waals surface area (Å²) in [6.07, 6.45) is 3.46.